The number of hydrogen-bond donors (Lipinski definition) is 3. The molecule has 0 aliphatic carbocycles. The first-order valence-corrected chi connectivity index (χ1v) is 5.81. The summed E-state index contributed by atoms with van der Waals surface area (Å²) in [5.74, 6) is 0.678. The normalized spacial score (nSPS) is 11.0. The van der Waals surface area contributed by atoms with Crippen molar-refractivity contribution in [3.05, 3.63) is 12.7 Å². The van der Waals surface area contributed by atoms with Crippen molar-refractivity contribution in [3.8, 4) is 0 Å². The zero-order valence-corrected chi connectivity index (χ0v) is 9.48. The summed E-state index contributed by atoms with van der Waals surface area (Å²) in [7, 11) is 0. The van der Waals surface area contributed by atoms with Gasteiger partial charge in [-0.15, -0.1) is 6.58 Å². The van der Waals surface area contributed by atoms with Crippen LogP contribution < -0.4 is 5.73 Å². The van der Waals surface area contributed by atoms with Gasteiger partial charge < -0.3 is 10.8 Å². The Hall–Kier alpha value is -0.130. The molecule has 0 rings (SSSR count). The van der Waals surface area contributed by atoms with Gasteiger partial charge in [0.05, 0.1) is 0 Å². The second-order valence-electron chi connectivity index (χ2n) is 2.20. The Bertz CT molecular complexity index is 142. The molecule has 3 nitrogen and oxygen atoms in total. The van der Waals surface area contributed by atoms with Crippen LogP contribution in [0.4, 0.5) is 0 Å². The van der Waals surface area contributed by atoms with Gasteiger partial charge in [-0.25, -0.2) is 0 Å². The zero-order valence-electron chi connectivity index (χ0n) is 7.77. The van der Waals surface area contributed by atoms with Gasteiger partial charge >= 0.3 is 5.97 Å². The van der Waals surface area contributed by atoms with Gasteiger partial charge in [-0.2, -0.15) is 24.4 Å². The molecule has 0 radical (unpaired) electrons. The fraction of sp³-hybridized carbons (Fsp3) is 0.625. The van der Waals surface area contributed by atoms with E-state index < -0.39 is 12.0 Å². The van der Waals surface area contributed by atoms with E-state index in [-0.39, 0.29) is 0 Å². The summed E-state index contributed by atoms with van der Waals surface area (Å²) >= 11 is 5.41. The minimum absolute atomic E-state index is 0.552. The van der Waals surface area contributed by atoms with Crippen LogP contribution in [0.1, 0.15) is 6.42 Å². The number of thioether (sulfide) groups is 1. The molecule has 0 unspecified atom stereocenters. The van der Waals surface area contributed by atoms with E-state index in [1.807, 2.05) is 6.26 Å². The molecule has 0 aliphatic heterocycles. The maximum atomic E-state index is 10.1. The summed E-state index contributed by atoms with van der Waals surface area (Å²) in [5, 5.41) is 8.27. The molecule has 0 aromatic rings. The Morgan fingerprint density at radius 2 is 2.31 bits per heavy atom. The van der Waals surface area contributed by atoms with E-state index in [0.717, 1.165) is 11.5 Å². The number of rotatable bonds is 5. The van der Waals surface area contributed by atoms with Crippen molar-refractivity contribution >= 4 is 30.4 Å². The van der Waals surface area contributed by atoms with Gasteiger partial charge in [0.15, 0.2) is 0 Å². The van der Waals surface area contributed by atoms with Crippen molar-refractivity contribution in [2.24, 2.45) is 5.73 Å². The van der Waals surface area contributed by atoms with E-state index in [2.05, 4.69) is 19.2 Å². The molecule has 0 aliphatic rings. The number of carboxylic acid groups (broad SMARTS) is 1. The van der Waals surface area contributed by atoms with Gasteiger partial charge in [-0.05, 0) is 18.4 Å². The number of hydrogen-bond acceptors (Lipinski definition) is 4. The molecule has 0 bridgehead atoms. The molecule has 1 atom stereocenters. The highest BCUT2D eigenvalue weighted by Gasteiger charge is 2.08. The minimum atomic E-state index is -0.913. The molecule has 0 saturated heterocycles. The Balaban J connectivity index is 0. The monoisotopic (exact) mass is 223 g/mol. The number of thiol groups is 1. The van der Waals surface area contributed by atoms with Crippen molar-refractivity contribution in [2.75, 3.05) is 17.8 Å². The van der Waals surface area contributed by atoms with Crippen LogP contribution >= 0.6 is 24.4 Å². The molecular formula is C8H17NO2S2. The van der Waals surface area contributed by atoms with Gasteiger partial charge in [0.1, 0.15) is 6.04 Å². The highest BCUT2D eigenvalue weighted by molar-refractivity contribution is 7.98. The first-order valence-electron chi connectivity index (χ1n) is 3.79. The van der Waals surface area contributed by atoms with Gasteiger partial charge in [0, 0.05) is 5.75 Å². The first kappa shape index (κ1) is 15.3. The second kappa shape index (κ2) is 11.9. The topological polar surface area (TPSA) is 63.3 Å². The third-order valence-electron chi connectivity index (χ3n) is 1.08. The second-order valence-corrected chi connectivity index (χ2v) is 3.55. The van der Waals surface area contributed by atoms with Crippen molar-refractivity contribution < 1.29 is 9.90 Å². The average Bonchev–Trinajstić information content (AvgIpc) is 2.14. The maximum absolute atomic E-state index is 10.1. The van der Waals surface area contributed by atoms with Crippen LogP contribution in [-0.2, 0) is 4.79 Å². The largest absolute Gasteiger partial charge is 0.480 e. The van der Waals surface area contributed by atoms with E-state index in [0.29, 0.717) is 6.42 Å². The molecule has 78 valence electrons. The molecular weight excluding hydrogens is 206 g/mol. The molecule has 0 amide bonds. The number of carbonyl (C=O) groups is 1. The predicted octanol–water partition coefficient (Wildman–Crippen LogP) is 1.25. The maximum Gasteiger partial charge on any atom is 0.320 e. The summed E-state index contributed by atoms with van der Waals surface area (Å²) in [4.78, 5) is 10.1. The lowest BCUT2D eigenvalue weighted by Crippen LogP contribution is -2.30. The standard InChI is InChI=1S/C5H11NO2S.C3H6S/c1-9-3-2-4(6)5(7)8;1-2-3-4/h4H,2-3,6H2,1H3,(H,7,8);2,4H,1,3H2/t4-;/m0./s1. The smallest absolute Gasteiger partial charge is 0.320 e. The number of nitrogens with two attached hydrogens (primary N) is 1. The van der Waals surface area contributed by atoms with Crippen LogP contribution in [-0.4, -0.2) is 34.9 Å². The molecule has 0 heterocycles. The summed E-state index contributed by atoms with van der Waals surface area (Å²) in [6.45, 7) is 3.40. The molecule has 0 aromatic heterocycles. The first-order chi connectivity index (χ1) is 6.09. The zero-order chi connectivity index (χ0) is 10.7. The molecule has 0 spiro atoms. The van der Waals surface area contributed by atoms with Crippen LogP contribution in [0, 0.1) is 0 Å². The minimum Gasteiger partial charge on any atom is -0.480 e. The van der Waals surface area contributed by atoms with Crippen molar-refractivity contribution in [1.29, 1.82) is 0 Å². The lowest BCUT2D eigenvalue weighted by molar-refractivity contribution is -0.138. The molecule has 0 fully saturated rings. The summed E-state index contributed by atoms with van der Waals surface area (Å²) in [6.07, 6.45) is 4.22. The lowest BCUT2D eigenvalue weighted by atomic mass is 10.2. The van der Waals surface area contributed by atoms with Gasteiger partial charge in [-0.1, -0.05) is 6.08 Å². The fourth-order valence-electron chi connectivity index (χ4n) is 0.368. The van der Waals surface area contributed by atoms with E-state index >= 15 is 0 Å². The third kappa shape index (κ3) is 14.7. The average molecular weight is 223 g/mol. The van der Waals surface area contributed by atoms with Crippen LogP contribution in [0.5, 0.6) is 0 Å². The van der Waals surface area contributed by atoms with E-state index in [4.69, 9.17) is 10.8 Å². The number of aliphatic carboxylic acids is 1. The highest BCUT2D eigenvalue weighted by Crippen LogP contribution is 1.97. The molecule has 5 heteroatoms. The lowest BCUT2D eigenvalue weighted by Gasteiger charge is -2.02. The SMILES string of the molecule is C=CCS.CSCC[C@H](N)C(=O)O. The molecule has 0 aromatic carbocycles. The van der Waals surface area contributed by atoms with E-state index in [1.165, 1.54) is 0 Å². The molecule has 0 saturated carbocycles. The quantitative estimate of drug-likeness (QED) is 0.485. The van der Waals surface area contributed by atoms with Crippen LogP contribution in [0.2, 0.25) is 0 Å². The Labute approximate surface area is 89.2 Å². The van der Waals surface area contributed by atoms with Gasteiger partial charge in [0.25, 0.3) is 0 Å². The van der Waals surface area contributed by atoms with E-state index in [1.54, 1.807) is 17.8 Å². The van der Waals surface area contributed by atoms with Crippen LogP contribution in [0.15, 0.2) is 12.7 Å². The Morgan fingerprint density at radius 3 is 2.54 bits per heavy atom. The fourth-order valence-corrected chi connectivity index (χ4v) is 0.858. The van der Waals surface area contributed by atoms with Crippen LogP contribution in [0.3, 0.4) is 0 Å². The van der Waals surface area contributed by atoms with Gasteiger partial charge in [-0.3, -0.25) is 4.79 Å². The van der Waals surface area contributed by atoms with Crippen molar-refractivity contribution in [1.82, 2.24) is 0 Å². The highest BCUT2D eigenvalue weighted by atomic mass is 32.2. The van der Waals surface area contributed by atoms with Crippen LogP contribution in [0.25, 0.3) is 0 Å². The van der Waals surface area contributed by atoms with E-state index in [9.17, 15) is 4.79 Å². The summed E-state index contributed by atoms with van der Waals surface area (Å²) in [6, 6.07) is -0.683. The third-order valence-corrected chi connectivity index (χ3v) is 1.98. The number of carboxylic acids is 1. The van der Waals surface area contributed by atoms with Gasteiger partial charge in [0.2, 0.25) is 0 Å². The summed E-state index contributed by atoms with van der Waals surface area (Å²) < 4.78 is 0. The molecule has 3 N–H and O–H groups in total. The summed E-state index contributed by atoms with van der Waals surface area (Å²) in [5.41, 5.74) is 5.19. The van der Waals surface area contributed by atoms with Crippen molar-refractivity contribution in [2.45, 2.75) is 12.5 Å². The predicted molar refractivity (Wildman–Crippen MR) is 62.7 cm³/mol. The van der Waals surface area contributed by atoms with Crippen molar-refractivity contribution in [3.63, 3.8) is 0 Å². The Morgan fingerprint density at radius 1 is 1.85 bits per heavy atom. The molecule has 13 heavy (non-hydrogen) atoms. The Kier molecular flexibility index (Phi) is 14.0.